The number of alkyl halides is 3. The third-order valence-corrected chi connectivity index (χ3v) is 3.93. The molecular weight excluding hydrogens is 305 g/mol. The van der Waals surface area contributed by atoms with Gasteiger partial charge in [0, 0.05) is 10.5 Å². The van der Waals surface area contributed by atoms with Crippen molar-refractivity contribution >= 4 is 0 Å². The molecule has 0 radical (unpaired) electrons. The van der Waals surface area contributed by atoms with Crippen molar-refractivity contribution in [3.63, 3.8) is 0 Å². The van der Waals surface area contributed by atoms with E-state index in [1.807, 2.05) is 6.07 Å². The van der Waals surface area contributed by atoms with Gasteiger partial charge in [-0.3, -0.25) is 4.98 Å². The van der Waals surface area contributed by atoms with Crippen LogP contribution in [0, 0.1) is 0 Å². The van der Waals surface area contributed by atoms with Crippen LogP contribution in [0.1, 0.15) is 35.7 Å². The van der Waals surface area contributed by atoms with Crippen LogP contribution in [0.4, 0.5) is 13.2 Å². The molecule has 0 aliphatic heterocycles. The number of hydrogen-bond donors (Lipinski definition) is 0. The Kier molecular flexibility index (Phi) is 3.96. The minimum atomic E-state index is -4.39. The lowest BCUT2D eigenvalue weighted by molar-refractivity contribution is -0.137. The Balaban J connectivity index is 2.05. The van der Waals surface area contributed by atoms with E-state index in [4.69, 9.17) is 5.53 Å². The van der Waals surface area contributed by atoms with Gasteiger partial charge in [-0.15, -0.1) is 0 Å². The van der Waals surface area contributed by atoms with Gasteiger partial charge in [-0.2, -0.15) is 13.2 Å². The molecule has 0 N–H and O–H groups in total. The molecule has 2 aromatic rings. The topological polar surface area (TPSA) is 61.7 Å². The van der Waals surface area contributed by atoms with Gasteiger partial charge in [-0.25, -0.2) is 0 Å². The fraction of sp³-hybridized carbons (Fsp3) is 0.312. The number of halogens is 3. The molecule has 0 saturated heterocycles. The minimum absolute atomic E-state index is 0.352. The van der Waals surface area contributed by atoms with Gasteiger partial charge in [0.05, 0.1) is 23.0 Å². The molecule has 1 heterocycles. The molecule has 1 aliphatic rings. The summed E-state index contributed by atoms with van der Waals surface area (Å²) in [5, 5.41) is 3.75. The lowest BCUT2D eigenvalue weighted by Crippen LogP contribution is -2.10. The summed E-state index contributed by atoms with van der Waals surface area (Å²) in [6, 6.07) is 8.29. The van der Waals surface area contributed by atoms with Gasteiger partial charge in [0.2, 0.25) is 0 Å². The molecule has 3 rings (SSSR count). The Morgan fingerprint density at radius 2 is 2.04 bits per heavy atom. The number of benzene rings is 1. The molecule has 118 valence electrons. The number of rotatable bonds is 2. The summed E-state index contributed by atoms with van der Waals surface area (Å²) in [7, 11) is 0. The summed E-state index contributed by atoms with van der Waals surface area (Å²) in [6.45, 7) is 0. The number of fused-ring (bicyclic) bond motifs is 1. The summed E-state index contributed by atoms with van der Waals surface area (Å²) < 4.78 is 38.5. The summed E-state index contributed by atoms with van der Waals surface area (Å²) in [5.74, 6) is 0. The van der Waals surface area contributed by atoms with E-state index in [0.717, 1.165) is 30.5 Å². The molecule has 1 unspecified atom stereocenters. The molecule has 0 saturated carbocycles. The zero-order chi connectivity index (χ0) is 16.4. The van der Waals surface area contributed by atoms with Crippen LogP contribution >= 0.6 is 0 Å². The molecule has 0 spiro atoms. The molecule has 4 nitrogen and oxygen atoms in total. The summed E-state index contributed by atoms with van der Waals surface area (Å²) in [4.78, 5) is 7.32. The Morgan fingerprint density at radius 3 is 2.78 bits per heavy atom. The second-order valence-electron chi connectivity index (χ2n) is 5.43. The van der Waals surface area contributed by atoms with Crippen molar-refractivity contribution in [3.05, 3.63) is 63.7 Å². The molecular formula is C16H13F3N4. The Bertz CT molecular complexity index is 779. The Morgan fingerprint density at radius 1 is 1.22 bits per heavy atom. The minimum Gasteiger partial charge on any atom is -0.252 e. The van der Waals surface area contributed by atoms with Gasteiger partial charge in [0.15, 0.2) is 0 Å². The van der Waals surface area contributed by atoms with E-state index in [1.54, 1.807) is 12.1 Å². The van der Waals surface area contributed by atoms with Gasteiger partial charge >= 0.3 is 6.18 Å². The summed E-state index contributed by atoms with van der Waals surface area (Å²) in [6.07, 6.45) is -1.95. The van der Waals surface area contributed by atoms with Crippen molar-refractivity contribution in [1.82, 2.24) is 4.98 Å². The highest BCUT2D eigenvalue weighted by Crippen LogP contribution is 2.35. The number of azide groups is 1. The van der Waals surface area contributed by atoms with Crippen molar-refractivity contribution in [2.24, 2.45) is 5.11 Å². The van der Waals surface area contributed by atoms with Gasteiger partial charge in [0.25, 0.3) is 0 Å². The van der Waals surface area contributed by atoms with Crippen LogP contribution in [0.25, 0.3) is 21.7 Å². The highest BCUT2D eigenvalue weighted by molar-refractivity contribution is 5.61. The van der Waals surface area contributed by atoms with Gasteiger partial charge in [-0.1, -0.05) is 23.3 Å². The second-order valence-corrected chi connectivity index (χ2v) is 5.43. The van der Waals surface area contributed by atoms with E-state index in [-0.39, 0.29) is 6.04 Å². The molecule has 0 amide bonds. The maximum Gasteiger partial charge on any atom is 0.416 e. The molecule has 23 heavy (non-hydrogen) atoms. The van der Waals surface area contributed by atoms with Gasteiger partial charge < -0.3 is 0 Å². The zero-order valence-corrected chi connectivity index (χ0v) is 12.1. The maximum atomic E-state index is 12.8. The van der Waals surface area contributed by atoms with Crippen LogP contribution in [-0.2, 0) is 12.6 Å². The van der Waals surface area contributed by atoms with E-state index in [0.29, 0.717) is 23.4 Å². The fourth-order valence-corrected chi connectivity index (χ4v) is 2.82. The predicted octanol–water partition coefficient (Wildman–Crippen LogP) is 5.46. The normalized spacial score (nSPS) is 17.3. The molecule has 1 aromatic heterocycles. The van der Waals surface area contributed by atoms with Crippen LogP contribution in [0.15, 0.2) is 41.5 Å². The first-order valence-corrected chi connectivity index (χ1v) is 7.20. The average molecular weight is 318 g/mol. The van der Waals surface area contributed by atoms with E-state index in [2.05, 4.69) is 15.0 Å². The molecule has 1 aliphatic carbocycles. The molecule has 1 atom stereocenters. The predicted molar refractivity (Wildman–Crippen MR) is 79.5 cm³/mol. The van der Waals surface area contributed by atoms with Crippen LogP contribution in [0.2, 0.25) is 0 Å². The van der Waals surface area contributed by atoms with E-state index in [9.17, 15) is 13.2 Å². The highest BCUT2D eigenvalue weighted by atomic mass is 19.4. The van der Waals surface area contributed by atoms with Crippen LogP contribution in [-0.4, -0.2) is 4.98 Å². The number of aromatic nitrogens is 1. The quantitative estimate of drug-likeness (QED) is 0.412. The van der Waals surface area contributed by atoms with Crippen molar-refractivity contribution in [2.45, 2.75) is 31.5 Å². The van der Waals surface area contributed by atoms with Crippen molar-refractivity contribution in [1.29, 1.82) is 0 Å². The second kappa shape index (κ2) is 5.93. The monoisotopic (exact) mass is 318 g/mol. The van der Waals surface area contributed by atoms with Gasteiger partial charge in [-0.05, 0) is 48.6 Å². The summed E-state index contributed by atoms with van der Waals surface area (Å²) in [5.41, 5.74) is 10.5. The first-order chi connectivity index (χ1) is 11.0. The lowest BCUT2D eigenvalue weighted by Gasteiger charge is -2.21. The van der Waals surface area contributed by atoms with E-state index >= 15 is 0 Å². The Hall–Kier alpha value is -2.53. The van der Waals surface area contributed by atoms with Crippen molar-refractivity contribution in [2.75, 3.05) is 0 Å². The largest absolute Gasteiger partial charge is 0.416 e. The van der Waals surface area contributed by atoms with E-state index in [1.165, 1.54) is 6.07 Å². The van der Waals surface area contributed by atoms with Crippen LogP contribution in [0.5, 0.6) is 0 Å². The van der Waals surface area contributed by atoms with Gasteiger partial charge in [0.1, 0.15) is 0 Å². The summed E-state index contributed by atoms with van der Waals surface area (Å²) >= 11 is 0. The third kappa shape index (κ3) is 3.14. The average Bonchev–Trinajstić information content (AvgIpc) is 2.54. The van der Waals surface area contributed by atoms with Crippen molar-refractivity contribution < 1.29 is 13.2 Å². The number of nitrogens with zero attached hydrogens (tertiary/aromatic N) is 4. The number of hydrogen-bond acceptors (Lipinski definition) is 2. The molecule has 0 bridgehead atoms. The first-order valence-electron chi connectivity index (χ1n) is 7.20. The van der Waals surface area contributed by atoms with Crippen molar-refractivity contribution in [3.8, 4) is 11.3 Å². The standard InChI is InChI=1S/C16H13F3N4/c17-16(18,19)12-5-1-4-11(9-12)13-8-7-10-3-2-6-14(22-23-20)15(10)21-13/h1,4-5,7-9,14H,2-3,6H2. The number of aryl methyl sites for hydroxylation is 1. The van der Waals surface area contributed by atoms with Crippen LogP contribution in [0.3, 0.4) is 0 Å². The molecule has 7 heteroatoms. The van der Waals surface area contributed by atoms with E-state index < -0.39 is 11.7 Å². The smallest absolute Gasteiger partial charge is 0.252 e. The third-order valence-electron chi connectivity index (χ3n) is 3.93. The zero-order valence-electron chi connectivity index (χ0n) is 12.1. The Labute approximate surface area is 130 Å². The lowest BCUT2D eigenvalue weighted by atomic mass is 9.91. The highest BCUT2D eigenvalue weighted by Gasteiger charge is 2.30. The first kappa shape index (κ1) is 15.4. The fourth-order valence-electron chi connectivity index (χ4n) is 2.82. The number of pyridine rings is 1. The maximum absolute atomic E-state index is 12.8. The molecule has 1 aromatic carbocycles. The van der Waals surface area contributed by atoms with Crippen LogP contribution < -0.4 is 0 Å². The molecule has 0 fully saturated rings. The SMILES string of the molecule is [N-]=[N+]=NC1CCCc2ccc(-c3cccc(C(F)(F)F)c3)nc21.